The Morgan fingerprint density at radius 3 is 3.06 bits per heavy atom. The van der Waals surface area contributed by atoms with Crippen molar-refractivity contribution in [1.29, 1.82) is 0 Å². The third-order valence-corrected chi connectivity index (χ3v) is 3.69. The molecule has 1 saturated heterocycles. The molecule has 94 valence electrons. The first-order valence-corrected chi connectivity index (χ1v) is 6.51. The first kappa shape index (κ1) is 12.6. The molecule has 17 heavy (non-hydrogen) atoms. The van der Waals surface area contributed by atoms with Gasteiger partial charge in [0.25, 0.3) is 0 Å². The first-order chi connectivity index (χ1) is 8.13. The molecule has 1 fully saturated rings. The second-order valence-corrected chi connectivity index (χ2v) is 5.01. The van der Waals surface area contributed by atoms with E-state index in [4.69, 9.17) is 10.5 Å². The van der Waals surface area contributed by atoms with Gasteiger partial charge in [-0.25, -0.2) is 4.39 Å². The smallest absolute Gasteiger partial charge is 0.139 e. The fourth-order valence-electron chi connectivity index (χ4n) is 2.11. The van der Waals surface area contributed by atoms with E-state index in [2.05, 4.69) is 27.8 Å². The lowest BCUT2D eigenvalue weighted by atomic mass is 10.1. The molecule has 1 aliphatic heterocycles. The molecular weight excluding hydrogens is 287 g/mol. The summed E-state index contributed by atoms with van der Waals surface area (Å²) in [5.74, 6) is -0.326. The summed E-state index contributed by atoms with van der Waals surface area (Å²) in [6.45, 7) is 4.29. The van der Waals surface area contributed by atoms with E-state index in [0.29, 0.717) is 29.4 Å². The van der Waals surface area contributed by atoms with Gasteiger partial charge in [0.05, 0.1) is 35.1 Å². The third kappa shape index (κ3) is 2.55. The van der Waals surface area contributed by atoms with Gasteiger partial charge in [-0.2, -0.15) is 0 Å². The number of nitrogens with zero attached hydrogens (tertiary/aromatic N) is 1. The molecule has 1 aliphatic rings. The van der Waals surface area contributed by atoms with Gasteiger partial charge in [0, 0.05) is 12.6 Å². The largest absolute Gasteiger partial charge is 0.397 e. The number of benzene rings is 1. The zero-order valence-electron chi connectivity index (χ0n) is 9.75. The maximum Gasteiger partial charge on any atom is 0.139 e. The van der Waals surface area contributed by atoms with Gasteiger partial charge in [0.2, 0.25) is 0 Å². The maximum absolute atomic E-state index is 13.3. The zero-order chi connectivity index (χ0) is 12.4. The van der Waals surface area contributed by atoms with Crippen molar-refractivity contribution in [2.24, 2.45) is 0 Å². The van der Waals surface area contributed by atoms with Gasteiger partial charge < -0.3 is 15.4 Å². The minimum atomic E-state index is -0.326. The van der Waals surface area contributed by atoms with Crippen molar-refractivity contribution in [3.8, 4) is 0 Å². The fourth-order valence-corrected chi connectivity index (χ4v) is 2.44. The average molecular weight is 303 g/mol. The van der Waals surface area contributed by atoms with Gasteiger partial charge in [0.1, 0.15) is 5.82 Å². The quantitative estimate of drug-likeness (QED) is 0.854. The van der Waals surface area contributed by atoms with Crippen molar-refractivity contribution in [3.05, 3.63) is 22.4 Å². The summed E-state index contributed by atoms with van der Waals surface area (Å²) in [5, 5.41) is 0. The zero-order valence-corrected chi connectivity index (χ0v) is 11.3. The average Bonchev–Trinajstić information content (AvgIpc) is 2.34. The highest BCUT2D eigenvalue weighted by Crippen LogP contribution is 2.32. The molecule has 0 aliphatic carbocycles. The highest BCUT2D eigenvalue weighted by atomic mass is 79.9. The number of halogens is 2. The first-order valence-electron chi connectivity index (χ1n) is 5.72. The summed E-state index contributed by atoms with van der Waals surface area (Å²) in [4.78, 5) is 2.20. The van der Waals surface area contributed by atoms with Crippen LogP contribution >= 0.6 is 15.9 Å². The normalized spacial score (nSPS) is 20.6. The number of rotatable bonds is 2. The third-order valence-electron chi connectivity index (χ3n) is 3.08. The summed E-state index contributed by atoms with van der Waals surface area (Å²) >= 11 is 3.20. The van der Waals surface area contributed by atoms with E-state index >= 15 is 0 Å². The van der Waals surface area contributed by atoms with E-state index in [1.807, 2.05) is 0 Å². The maximum atomic E-state index is 13.3. The van der Waals surface area contributed by atoms with Gasteiger partial charge in [-0.15, -0.1) is 0 Å². The van der Waals surface area contributed by atoms with E-state index in [-0.39, 0.29) is 5.82 Å². The van der Waals surface area contributed by atoms with Crippen molar-refractivity contribution in [3.63, 3.8) is 0 Å². The second kappa shape index (κ2) is 5.23. The van der Waals surface area contributed by atoms with Crippen LogP contribution in [0.5, 0.6) is 0 Å². The van der Waals surface area contributed by atoms with Crippen LogP contribution in [0.3, 0.4) is 0 Å². The monoisotopic (exact) mass is 302 g/mol. The predicted molar refractivity (Wildman–Crippen MR) is 70.8 cm³/mol. The van der Waals surface area contributed by atoms with Gasteiger partial charge in [-0.05, 0) is 28.4 Å². The lowest BCUT2D eigenvalue weighted by molar-refractivity contribution is 0.0930. The van der Waals surface area contributed by atoms with E-state index in [9.17, 15) is 4.39 Å². The van der Waals surface area contributed by atoms with Crippen molar-refractivity contribution in [1.82, 2.24) is 0 Å². The van der Waals surface area contributed by atoms with E-state index < -0.39 is 0 Å². The Morgan fingerprint density at radius 1 is 1.59 bits per heavy atom. The molecule has 1 heterocycles. The number of morpholine rings is 1. The molecule has 0 saturated carbocycles. The van der Waals surface area contributed by atoms with Crippen LogP contribution in [0.2, 0.25) is 0 Å². The Balaban J connectivity index is 2.34. The molecule has 2 rings (SSSR count). The number of nitrogens with two attached hydrogens (primary N) is 1. The minimum Gasteiger partial charge on any atom is -0.397 e. The summed E-state index contributed by atoms with van der Waals surface area (Å²) in [6.07, 6.45) is 0.981. The van der Waals surface area contributed by atoms with E-state index in [1.54, 1.807) is 6.07 Å². The highest BCUT2D eigenvalue weighted by Gasteiger charge is 2.23. The summed E-state index contributed by atoms with van der Waals surface area (Å²) in [5.41, 5.74) is 7.26. The van der Waals surface area contributed by atoms with Crippen LogP contribution in [-0.2, 0) is 4.74 Å². The summed E-state index contributed by atoms with van der Waals surface area (Å²) < 4.78 is 19.2. The number of ether oxygens (including phenoxy) is 1. The van der Waals surface area contributed by atoms with Gasteiger partial charge in [-0.3, -0.25) is 0 Å². The van der Waals surface area contributed by atoms with Crippen molar-refractivity contribution in [2.75, 3.05) is 30.4 Å². The van der Waals surface area contributed by atoms with E-state index in [0.717, 1.165) is 18.7 Å². The van der Waals surface area contributed by atoms with Crippen LogP contribution in [0, 0.1) is 5.82 Å². The number of nitrogen functional groups attached to an aromatic ring is 1. The Hall–Kier alpha value is -0.810. The van der Waals surface area contributed by atoms with Crippen molar-refractivity contribution in [2.45, 2.75) is 19.4 Å². The molecule has 0 spiro atoms. The molecular formula is C12H16BrFN2O. The molecule has 1 aromatic rings. The minimum absolute atomic E-state index is 0.309. The SMILES string of the molecule is CCC1COCCN1c1cc(Br)c(F)cc1N. The highest BCUT2D eigenvalue weighted by molar-refractivity contribution is 9.10. The molecule has 2 N–H and O–H groups in total. The second-order valence-electron chi connectivity index (χ2n) is 4.16. The van der Waals surface area contributed by atoms with Crippen molar-refractivity contribution >= 4 is 27.3 Å². The molecule has 0 radical (unpaired) electrons. The van der Waals surface area contributed by atoms with Crippen LogP contribution in [0.4, 0.5) is 15.8 Å². The standard InChI is InChI=1S/C12H16BrFN2O/c1-2-8-7-17-4-3-16(8)12-5-9(13)10(14)6-11(12)15/h5-6,8H,2-4,7,15H2,1H3. The van der Waals surface area contributed by atoms with Crippen molar-refractivity contribution < 1.29 is 9.13 Å². The molecule has 5 heteroatoms. The van der Waals surface area contributed by atoms with Gasteiger partial charge in [-0.1, -0.05) is 6.92 Å². The van der Waals surface area contributed by atoms with Crippen LogP contribution in [0.1, 0.15) is 13.3 Å². The van der Waals surface area contributed by atoms with Crippen LogP contribution in [0.25, 0.3) is 0 Å². The lowest BCUT2D eigenvalue weighted by Gasteiger charge is -2.37. The molecule has 0 amide bonds. The van der Waals surface area contributed by atoms with E-state index in [1.165, 1.54) is 6.07 Å². The van der Waals surface area contributed by atoms with Crippen LogP contribution in [-0.4, -0.2) is 25.8 Å². The lowest BCUT2D eigenvalue weighted by Crippen LogP contribution is -2.45. The van der Waals surface area contributed by atoms with Gasteiger partial charge in [0.15, 0.2) is 0 Å². The topological polar surface area (TPSA) is 38.5 Å². The molecule has 3 nitrogen and oxygen atoms in total. The molecule has 0 bridgehead atoms. The molecule has 0 aromatic heterocycles. The molecule has 1 aromatic carbocycles. The molecule has 1 unspecified atom stereocenters. The predicted octanol–water partition coefficient (Wildman–Crippen LogP) is 2.79. The Morgan fingerprint density at radius 2 is 2.35 bits per heavy atom. The Bertz CT molecular complexity index is 414. The number of anilines is 2. The summed E-state index contributed by atoms with van der Waals surface area (Å²) in [6, 6.07) is 3.42. The van der Waals surface area contributed by atoms with Crippen LogP contribution < -0.4 is 10.6 Å². The Kier molecular flexibility index (Phi) is 3.89. The number of hydrogen-bond acceptors (Lipinski definition) is 3. The number of hydrogen-bond donors (Lipinski definition) is 1. The van der Waals surface area contributed by atoms with Crippen LogP contribution in [0.15, 0.2) is 16.6 Å². The summed E-state index contributed by atoms with van der Waals surface area (Å²) in [7, 11) is 0. The fraction of sp³-hybridized carbons (Fsp3) is 0.500. The Labute approximate surface area is 109 Å². The van der Waals surface area contributed by atoms with Gasteiger partial charge >= 0.3 is 0 Å². The molecule has 1 atom stereocenters.